The van der Waals surface area contributed by atoms with E-state index in [-0.39, 0.29) is 0 Å². The first-order valence-corrected chi connectivity index (χ1v) is 18.7. The van der Waals surface area contributed by atoms with Crippen LogP contribution in [0, 0.1) is 0 Å². The Morgan fingerprint density at radius 1 is 0.742 bits per heavy atom. The second-order valence-electron chi connectivity index (χ2n) is 10.2. The van der Waals surface area contributed by atoms with E-state index in [4.69, 9.17) is 4.98 Å². The van der Waals surface area contributed by atoms with Crippen LogP contribution in [-0.4, -0.2) is 22.8 Å². The topological polar surface area (TPSA) is 17.8 Å². The summed E-state index contributed by atoms with van der Waals surface area (Å²) in [6.45, 7) is 9.29. The number of para-hydroxylation sites is 2. The second-order valence-corrected chi connectivity index (χ2v) is 20.8. The summed E-state index contributed by atoms with van der Waals surface area (Å²) < 4.78 is 4.01. The van der Waals surface area contributed by atoms with E-state index in [2.05, 4.69) is 116 Å². The molecule has 0 atom stereocenters. The van der Waals surface area contributed by atoms with Gasteiger partial charge in [-0.25, -0.2) is 0 Å². The van der Waals surface area contributed by atoms with Gasteiger partial charge in [-0.1, -0.05) is 0 Å². The van der Waals surface area contributed by atoms with Crippen LogP contribution in [0.5, 0.6) is 0 Å². The first-order valence-electron chi connectivity index (χ1n) is 11.4. The number of nitrogens with zero attached hydrogens (tertiary/aromatic N) is 2. The molecule has 0 aliphatic carbocycles. The van der Waals surface area contributed by atoms with Crippen molar-refractivity contribution in [2.45, 2.75) is 56.8 Å². The first-order chi connectivity index (χ1) is 14.7. The Balaban J connectivity index is 2.16. The quantitative estimate of drug-likeness (QED) is 0.276. The second kappa shape index (κ2) is 8.31. The van der Waals surface area contributed by atoms with Crippen molar-refractivity contribution in [3.8, 4) is 17.1 Å². The van der Waals surface area contributed by atoms with Crippen LogP contribution in [0.1, 0.15) is 50.7 Å². The maximum atomic E-state index is 5.11. The molecule has 0 saturated heterocycles. The molecule has 2 nitrogen and oxygen atoms in total. The van der Waals surface area contributed by atoms with Crippen molar-refractivity contribution in [2.75, 3.05) is 0 Å². The van der Waals surface area contributed by atoms with E-state index in [1.165, 1.54) is 22.3 Å². The Bertz CT molecular complexity index is 1180. The number of hydrogen-bond donors (Lipinski definition) is 0. The third kappa shape index (κ3) is 4.10. The van der Waals surface area contributed by atoms with Gasteiger partial charge in [0.2, 0.25) is 0 Å². The SMILES string of the molecule is CC(C)c1c[c]([Ge]([CH3])([CH3])[CH3])cc(C(C)C)c1-n1c(-c2ccccc2)nc2ccccc21. The minimum atomic E-state index is -2.00. The van der Waals surface area contributed by atoms with Gasteiger partial charge >= 0.3 is 190 Å². The van der Waals surface area contributed by atoms with Crippen LogP contribution in [0.15, 0.2) is 66.7 Å². The number of imidazole rings is 1. The average molecular weight is 471 g/mol. The van der Waals surface area contributed by atoms with E-state index in [9.17, 15) is 0 Å². The summed E-state index contributed by atoms with van der Waals surface area (Å²) in [5, 5.41) is 0. The molecule has 0 spiro atoms. The van der Waals surface area contributed by atoms with Crippen LogP contribution < -0.4 is 4.40 Å². The molecule has 3 heteroatoms. The zero-order valence-corrected chi connectivity index (χ0v) is 22.0. The summed E-state index contributed by atoms with van der Waals surface area (Å²) in [6.07, 6.45) is 0. The number of aromatic nitrogens is 2. The van der Waals surface area contributed by atoms with Gasteiger partial charge in [-0.05, 0) is 0 Å². The molecule has 0 aliphatic heterocycles. The molecule has 0 bridgehead atoms. The van der Waals surface area contributed by atoms with Crippen LogP contribution in [0.4, 0.5) is 0 Å². The van der Waals surface area contributed by atoms with Crippen LogP contribution in [0.25, 0.3) is 28.1 Å². The fourth-order valence-corrected chi connectivity index (χ4v) is 6.75. The zero-order chi connectivity index (χ0) is 22.3. The molecule has 0 N–H and O–H groups in total. The normalized spacial score (nSPS) is 12.3. The average Bonchev–Trinajstić information content (AvgIpc) is 3.12. The standard InChI is InChI=1S/C28H34GeN2/c1-19(2)23-17-22(29(5,6)7)18-24(20(3)4)27(23)31-26-16-12-11-15-25(26)30-28(31)21-13-9-8-10-14-21/h8-20H,1-7H3. The molecule has 0 unspecified atom stereocenters. The molecule has 3 aromatic carbocycles. The third-order valence-electron chi connectivity index (χ3n) is 6.10. The number of fused-ring (bicyclic) bond motifs is 1. The molecular formula is C28H34GeN2. The predicted molar refractivity (Wildman–Crippen MR) is 138 cm³/mol. The molecule has 160 valence electrons. The summed E-state index contributed by atoms with van der Waals surface area (Å²) in [6, 6.07) is 24.2. The van der Waals surface area contributed by atoms with Gasteiger partial charge in [0.05, 0.1) is 0 Å². The summed E-state index contributed by atoms with van der Waals surface area (Å²) in [7, 11) is 0. The van der Waals surface area contributed by atoms with E-state index in [0.717, 1.165) is 16.9 Å². The maximum absolute atomic E-state index is 5.11. The van der Waals surface area contributed by atoms with E-state index >= 15 is 0 Å². The summed E-state index contributed by atoms with van der Waals surface area (Å²) >= 11 is -2.00. The Morgan fingerprint density at radius 2 is 1.29 bits per heavy atom. The number of benzene rings is 3. The van der Waals surface area contributed by atoms with Crippen LogP contribution >= 0.6 is 0 Å². The molecule has 0 fully saturated rings. The van der Waals surface area contributed by atoms with E-state index in [1.54, 1.807) is 4.40 Å². The van der Waals surface area contributed by atoms with Gasteiger partial charge in [0.15, 0.2) is 0 Å². The van der Waals surface area contributed by atoms with Gasteiger partial charge in [-0.15, -0.1) is 0 Å². The summed E-state index contributed by atoms with van der Waals surface area (Å²) in [5.74, 6) is 9.36. The molecule has 4 aromatic rings. The fourth-order valence-electron chi connectivity index (χ4n) is 4.28. The van der Waals surface area contributed by atoms with Gasteiger partial charge in [-0.2, -0.15) is 0 Å². The molecule has 31 heavy (non-hydrogen) atoms. The number of rotatable bonds is 5. The molecule has 4 rings (SSSR count). The molecule has 1 aromatic heterocycles. The molecule has 0 aliphatic rings. The molecule has 1 heterocycles. The van der Waals surface area contributed by atoms with Crippen molar-refractivity contribution in [1.82, 2.24) is 9.55 Å². The van der Waals surface area contributed by atoms with Gasteiger partial charge in [0.25, 0.3) is 0 Å². The summed E-state index contributed by atoms with van der Waals surface area (Å²) in [5.41, 5.74) is 7.57. The first kappa shape index (κ1) is 21.9. The van der Waals surface area contributed by atoms with Crippen molar-refractivity contribution in [2.24, 2.45) is 0 Å². The summed E-state index contributed by atoms with van der Waals surface area (Å²) in [4.78, 5) is 5.11. The van der Waals surface area contributed by atoms with Crippen molar-refractivity contribution < 1.29 is 0 Å². The van der Waals surface area contributed by atoms with Crippen LogP contribution in [-0.2, 0) is 0 Å². The Morgan fingerprint density at radius 3 is 1.84 bits per heavy atom. The molecular weight excluding hydrogens is 437 g/mol. The molecule has 0 amide bonds. The zero-order valence-electron chi connectivity index (χ0n) is 19.9. The van der Waals surface area contributed by atoms with Gasteiger partial charge in [-0.3, -0.25) is 0 Å². The predicted octanol–water partition coefficient (Wildman–Crippen LogP) is 7.48. The van der Waals surface area contributed by atoms with Crippen molar-refractivity contribution in [3.05, 3.63) is 77.9 Å². The van der Waals surface area contributed by atoms with Gasteiger partial charge in [0, 0.05) is 0 Å². The van der Waals surface area contributed by atoms with Crippen LogP contribution in [0.2, 0.25) is 17.3 Å². The monoisotopic (exact) mass is 472 g/mol. The van der Waals surface area contributed by atoms with E-state index in [0.29, 0.717) is 11.8 Å². The van der Waals surface area contributed by atoms with E-state index in [1.807, 2.05) is 0 Å². The Hall–Kier alpha value is -2.33. The van der Waals surface area contributed by atoms with Crippen molar-refractivity contribution >= 4 is 28.7 Å². The van der Waals surface area contributed by atoms with Crippen molar-refractivity contribution in [1.29, 1.82) is 0 Å². The van der Waals surface area contributed by atoms with Crippen LogP contribution in [0.3, 0.4) is 0 Å². The molecule has 0 radical (unpaired) electrons. The molecule has 0 saturated carbocycles. The van der Waals surface area contributed by atoms with Crippen molar-refractivity contribution in [3.63, 3.8) is 0 Å². The number of hydrogen-bond acceptors (Lipinski definition) is 1. The Kier molecular flexibility index (Phi) is 5.87. The van der Waals surface area contributed by atoms with Gasteiger partial charge in [0.1, 0.15) is 0 Å². The van der Waals surface area contributed by atoms with E-state index < -0.39 is 13.3 Å². The third-order valence-corrected chi connectivity index (χ3v) is 10.3. The van der Waals surface area contributed by atoms with Gasteiger partial charge < -0.3 is 0 Å². The fraction of sp³-hybridized carbons (Fsp3) is 0.321. The minimum absolute atomic E-state index is 0.432. The Labute approximate surface area is 189 Å².